The number of H-pyrrole nitrogens is 1. The number of halogens is 1. The maximum absolute atomic E-state index is 13.1. The Bertz CT molecular complexity index is 757. The van der Waals surface area contributed by atoms with E-state index >= 15 is 0 Å². The second kappa shape index (κ2) is 5.48. The quantitative estimate of drug-likeness (QED) is 0.667. The van der Waals surface area contributed by atoms with E-state index in [4.69, 9.17) is 0 Å². The van der Waals surface area contributed by atoms with Crippen LogP contribution < -0.4 is 10.9 Å². The molecule has 1 atom stereocenters. The van der Waals surface area contributed by atoms with Gasteiger partial charge in [-0.3, -0.25) is 9.59 Å². The minimum absolute atomic E-state index is 0.0654. The number of hydrogen-bond donors (Lipinski definition) is 2. The molecule has 1 amide bonds. The zero-order valence-electron chi connectivity index (χ0n) is 11.4. The Morgan fingerprint density at radius 1 is 1.52 bits per heavy atom. The van der Waals surface area contributed by atoms with Crippen molar-refractivity contribution in [1.29, 1.82) is 0 Å². The highest BCUT2D eigenvalue weighted by Gasteiger charge is 2.26. The number of aromatic nitrogens is 2. The van der Waals surface area contributed by atoms with Gasteiger partial charge in [-0.1, -0.05) is 11.8 Å². The summed E-state index contributed by atoms with van der Waals surface area (Å²) < 4.78 is 13.1. The van der Waals surface area contributed by atoms with Gasteiger partial charge in [-0.2, -0.15) is 0 Å². The molecule has 1 aliphatic carbocycles. The molecule has 1 unspecified atom stereocenters. The second-order valence-corrected chi connectivity index (χ2v) is 6.41. The van der Waals surface area contributed by atoms with E-state index in [0.717, 1.165) is 18.9 Å². The van der Waals surface area contributed by atoms with Gasteiger partial charge in [-0.15, -0.1) is 0 Å². The maximum atomic E-state index is 13.1. The lowest BCUT2D eigenvalue weighted by Crippen LogP contribution is -2.32. The number of amides is 1. The molecular formula is C14H14FN3O2S. The molecule has 1 aliphatic rings. The lowest BCUT2D eigenvalue weighted by molar-refractivity contribution is -0.120. The van der Waals surface area contributed by atoms with Crippen LogP contribution in [0.2, 0.25) is 0 Å². The van der Waals surface area contributed by atoms with Crippen molar-refractivity contribution >= 4 is 28.6 Å². The van der Waals surface area contributed by atoms with E-state index < -0.39 is 11.4 Å². The van der Waals surface area contributed by atoms with Crippen LogP contribution >= 0.6 is 11.8 Å². The van der Waals surface area contributed by atoms with Crippen molar-refractivity contribution in [3.05, 3.63) is 34.4 Å². The summed E-state index contributed by atoms with van der Waals surface area (Å²) in [6.07, 6.45) is 2.06. The third kappa shape index (κ3) is 3.24. The Kier molecular flexibility index (Phi) is 3.67. The summed E-state index contributed by atoms with van der Waals surface area (Å²) in [5.74, 6) is -0.545. The molecule has 110 valence electrons. The average molecular weight is 307 g/mol. The number of rotatable bonds is 4. The third-order valence-corrected chi connectivity index (χ3v) is 4.21. The first-order chi connectivity index (χ1) is 10.0. The first-order valence-corrected chi connectivity index (χ1v) is 7.57. The van der Waals surface area contributed by atoms with E-state index in [9.17, 15) is 14.0 Å². The van der Waals surface area contributed by atoms with Gasteiger partial charge in [0.2, 0.25) is 5.91 Å². The van der Waals surface area contributed by atoms with Crippen LogP contribution in [-0.4, -0.2) is 27.2 Å². The van der Waals surface area contributed by atoms with Crippen LogP contribution in [0.1, 0.15) is 19.8 Å². The molecule has 0 aliphatic heterocycles. The Morgan fingerprint density at radius 2 is 2.29 bits per heavy atom. The van der Waals surface area contributed by atoms with Gasteiger partial charge in [0, 0.05) is 6.04 Å². The summed E-state index contributed by atoms with van der Waals surface area (Å²) in [7, 11) is 0. The summed E-state index contributed by atoms with van der Waals surface area (Å²) in [5.41, 5.74) is 0.00857. The summed E-state index contributed by atoms with van der Waals surface area (Å²) >= 11 is 1.18. The summed E-state index contributed by atoms with van der Waals surface area (Å²) in [6.45, 7) is 1.76. The number of hydrogen-bond acceptors (Lipinski definition) is 4. The molecule has 0 bridgehead atoms. The standard InChI is InChI=1S/C14H14FN3O2S/c1-7(12(19)16-9-3-4-9)21-14-17-11-5-2-8(15)6-10(11)13(20)18-14/h2,5-7,9H,3-4H2,1H3,(H,16,19)(H,17,18,20). The smallest absolute Gasteiger partial charge is 0.259 e. The van der Waals surface area contributed by atoms with E-state index in [1.807, 2.05) is 0 Å². The molecular weight excluding hydrogens is 293 g/mol. The zero-order valence-corrected chi connectivity index (χ0v) is 12.2. The molecule has 2 N–H and O–H groups in total. The SMILES string of the molecule is CC(Sc1nc2ccc(F)cc2c(=O)[nH]1)C(=O)NC1CC1. The van der Waals surface area contributed by atoms with Crippen molar-refractivity contribution in [2.75, 3.05) is 0 Å². The fourth-order valence-corrected chi connectivity index (χ4v) is 2.73. The number of aromatic amines is 1. The van der Waals surface area contributed by atoms with Crippen molar-refractivity contribution in [2.45, 2.75) is 36.2 Å². The van der Waals surface area contributed by atoms with E-state index in [2.05, 4.69) is 15.3 Å². The normalized spacial score (nSPS) is 15.9. The summed E-state index contributed by atoms with van der Waals surface area (Å²) in [6, 6.07) is 4.16. The topological polar surface area (TPSA) is 74.8 Å². The number of nitrogens with zero attached hydrogens (tertiary/aromatic N) is 1. The fraction of sp³-hybridized carbons (Fsp3) is 0.357. The van der Waals surface area contributed by atoms with Crippen LogP contribution in [0.4, 0.5) is 4.39 Å². The van der Waals surface area contributed by atoms with Crippen molar-refractivity contribution in [3.8, 4) is 0 Å². The van der Waals surface area contributed by atoms with Crippen molar-refractivity contribution in [3.63, 3.8) is 0 Å². The largest absolute Gasteiger partial charge is 0.352 e. The molecule has 1 aromatic heterocycles. The molecule has 5 nitrogen and oxygen atoms in total. The molecule has 0 spiro atoms. The molecule has 21 heavy (non-hydrogen) atoms. The Labute approximate surface area is 124 Å². The van der Waals surface area contributed by atoms with Crippen molar-refractivity contribution in [1.82, 2.24) is 15.3 Å². The number of carbonyl (C=O) groups excluding carboxylic acids is 1. The molecule has 0 saturated heterocycles. The van der Waals surface area contributed by atoms with Crippen LogP contribution in [0, 0.1) is 5.82 Å². The van der Waals surface area contributed by atoms with Gasteiger partial charge >= 0.3 is 0 Å². The molecule has 2 aromatic rings. The van der Waals surface area contributed by atoms with E-state index in [1.54, 1.807) is 6.92 Å². The van der Waals surface area contributed by atoms with E-state index in [-0.39, 0.29) is 16.5 Å². The number of fused-ring (bicyclic) bond motifs is 1. The Hall–Kier alpha value is -1.89. The third-order valence-electron chi connectivity index (χ3n) is 3.23. The van der Waals surface area contributed by atoms with Crippen LogP contribution in [-0.2, 0) is 4.79 Å². The Morgan fingerprint density at radius 3 is 3.00 bits per heavy atom. The molecule has 1 aromatic carbocycles. The van der Waals surface area contributed by atoms with Crippen LogP contribution in [0.25, 0.3) is 10.9 Å². The van der Waals surface area contributed by atoms with Gasteiger partial charge in [-0.25, -0.2) is 9.37 Å². The van der Waals surface area contributed by atoms with E-state index in [1.165, 1.54) is 23.9 Å². The van der Waals surface area contributed by atoms with Gasteiger partial charge in [0.05, 0.1) is 16.2 Å². The van der Waals surface area contributed by atoms with Crippen LogP contribution in [0.5, 0.6) is 0 Å². The lowest BCUT2D eigenvalue weighted by Gasteiger charge is -2.10. The second-order valence-electron chi connectivity index (χ2n) is 5.08. The molecule has 0 radical (unpaired) electrons. The first kappa shape index (κ1) is 14.1. The highest BCUT2D eigenvalue weighted by atomic mass is 32.2. The van der Waals surface area contributed by atoms with Crippen molar-refractivity contribution in [2.24, 2.45) is 0 Å². The van der Waals surface area contributed by atoms with Gasteiger partial charge in [0.15, 0.2) is 5.16 Å². The summed E-state index contributed by atoms with van der Waals surface area (Å²) in [4.78, 5) is 30.6. The maximum Gasteiger partial charge on any atom is 0.259 e. The fourth-order valence-electron chi connectivity index (χ4n) is 1.91. The van der Waals surface area contributed by atoms with E-state index in [0.29, 0.717) is 16.7 Å². The minimum atomic E-state index is -0.479. The average Bonchev–Trinajstić information content (AvgIpc) is 3.23. The number of nitrogens with one attached hydrogen (secondary N) is 2. The predicted octanol–water partition coefficient (Wildman–Crippen LogP) is 1.82. The van der Waals surface area contributed by atoms with Gasteiger partial charge in [0.25, 0.3) is 5.56 Å². The summed E-state index contributed by atoms with van der Waals surface area (Å²) in [5, 5.41) is 3.11. The van der Waals surface area contributed by atoms with Crippen molar-refractivity contribution < 1.29 is 9.18 Å². The monoisotopic (exact) mass is 307 g/mol. The highest BCUT2D eigenvalue weighted by molar-refractivity contribution is 8.00. The number of thioether (sulfide) groups is 1. The molecule has 3 rings (SSSR count). The molecule has 1 heterocycles. The first-order valence-electron chi connectivity index (χ1n) is 6.69. The lowest BCUT2D eigenvalue weighted by atomic mass is 10.2. The number of benzene rings is 1. The highest BCUT2D eigenvalue weighted by Crippen LogP contribution is 2.23. The van der Waals surface area contributed by atoms with Crippen LogP contribution in [0.15, 0.2) is 28.2 Å². The zero-order chi connectivity index (χ0) is 15.0. The van der Waals surface area contributed by atoms with Gasteiger partial charge < -0.3 is 10.3 Å². The van der Waals surface area contributed by atoms with Gasteiger partial charge in [-0.05, 0) is 38.0 Å². The minimum Gasteiger partial charge on any atom is -0.352 e. The van der Waals surface area contributed by atoms with Gasteiger partial charge in [0.1, 0.15) is 5.82 Å². The predicted molar refractivity (Wildman–Crippen MR) is 78.8 cm³/mol. The molecule has 7 heteroatoms. The Balaban J connectivity index is 1.82. The molecule has 1 fully saturated rings. The molecule has 1 saturated carbocycles. The number of carbonyl (C=O) groups is 1. The van der Waals surface area contributed by atoms with Crippen LogP contribution in [0.3, 0.4) is 0 Å².